The average Bonchev–Trinajstić information content (AvgIpc) is 3.42. The molecular weight excluding hydrogens is 469 g/mol. The Morgan fingerprint density at radius 2 is 1.91 bits per heavy atom. The van der Waals surface area contributed by atoms with E-state index in [-0.39, 0.29) is 11.6 Å². The zero-order valence-electron chi connectivity index (χ0n) is 17.6. The molecule has 4 aromatic heterocycles. The molecule has 11 heteroatoms. The van der Waals surface area contributed by atoms with Crippen LogP contribution in [-0.4, -0.2) is 29.5 Å². The predicted octanol–water partition coefficient (Wildman–Crippen LogP) is 6.04. The molecule has 0 fully saturated rings. The number of pyridine rings is 1. The van der Waals surface area contributed by atoms with E-state index >= 15 is 0 Å². The maximum atomic E-state index is 12.8. The summed E-state index contributed by atoms with van der Waals surface area (Å²) in [4.78, 5) is 20.1. The third-order valence-electron chi connectivity index (χ3n) is 5.14. The van der Waals surface area contributed by atoms with E-state index in [1.54, 1.807) is 31.7 Å². The number of aryl methyl sites for hydroxylation is 1. The molecule has 1 N–H and O–H groups in total. The molecule has 5 rings (SSSR count). The Morgan fingerprint density at radius 1 is 1.12 bits per heavy atom. The van der Waals surface area contributed by atoms with Gasteiger partial charge in [-0.3, -0.25) is 0 Å². The monoisotopic (exact) mass is 484 g/mol. The van der Waals surface area contributed by atoms with E-state index in [4.69, 9.17) is 16.3 Å². The summed E-state index contributed by atoms with van der Waals surface area (Å²) >= 11 is 6.46. The molecule has 1 aromatic carbocycles. The highest BCUT2D eigenvalue weighted by atomic mass is 35.5. The van der Waals surface area contributed by atoms with Crippen LogP contribution in [0.3, 0.4) is 0 Å². The van der Waals surface area contributed by atoms with E-state index in [2.05, 4.69) is 24.9 Å². The van der Waals surface area contributed by atoms with Crippen LogP contribution >= 0.6 is 11.6 Å². The van der Waals surface area contributed by atoms with Crippen LogP contribution in [0.4, 0.5) is 13.2 Å². The van der Waals surface area contributed by atoms with Gasteiger partial charge in [-0.15, -0.1) is 0 Å². The molecule has 172 valence electrons. The summed E-state index contributed by atoms with van der Waals surface area (Å²) in [6.07, 6.45) is 2.45. The van der Waals surface area contributed by atoms with E-state index in [0.717, 1.165) is 28.9 Å². The van der Waals surface area contributed by atoms with Crippen LogP contribution in [0.1, 0.15) is 17.1 Å². The molecular formula is C23H16ClF3N6O. The minimum absolute atomic E-state index is 0.191. The van der Waals surface area contributed by atoms with E-state index < -0.39 is 11.7 Å². The topological polar surface area (TPSA) is 81.5 Å². The van der Waals surface area contributed by atoms with Crippen LogP contribution in [0.5, 0.6) is 11.6 Å². The highest BCUT2D eigenvalue weighted by Crippen LogP contribution is 2.36. The van der Waals surface area contributed by atoms with Crippen molar-refractivity contribution in [2.45, 2.75) is 19.6 Å². The van der Waals surface area contributed by atoms with Crippen molar-refractivity contribution in [3.8, 4) is 22.9 Å². The van der Waals surface area contributed by atoms with E-state index in [1.165, 1.54) is 12.1 Å². The number of fused-ring (bicyclic) bond motifs is 1. The molecule has 4 heterocycles. The lowest BCUT2D eigenvalue weighted by Crippen LogP contribution is -2.04. The number of aromatic nitrogens is 6. The van der Waals surface area contributed by atoms with Crippen molar-refractivity contribution in [3.05, 3.63) is 83.6 Å². The van der Waals surface area contributed by atoms with Gasteiger partial charge in [0.2, 0.25) is 5.88 Å². The molecule has 0 atom stereocenters. The van der Waals surface area contributed by atoms with Gasteiger partial charge in [-0.2, -0.15) is 18.2 Å². The van der Waals surface area contributed by atoms with Gasteiger partial charge in [-0.1, -0.05) is 11.6 Å². The number of rotatable bonds is 5. The Kier molecular flexibility index (Phi) is 5.45. The van der Waals surface area contributed by atoms with Crippen LogP contribution in [-0.2, 0) is 12.7 Å². The Bertz CT molecular complexity index is 1460. The minimum atomic E-state index is -4.42. The molecule has 0 aliphatic rings. The van der Waals surface area contributed by atoms with E-state index in [0.29, 0.717) is 28.6 Å². The molecule has 0 saturated heterocycles. The standard InChI is InChI=1S/C23H16ClF3N6O/c1-13-31-18(8-20(32-13)34-16-4-2-14(3-5-16)23(25,26)27)17-11-33(10-15-9-28-12-30-15)19-6-7-29-22(24)21(17)19/h2-9,11-12H,10H2,1H3,(H,28,30). The summed E-state index contributed by atoms with van der Waals surface area (Å²) in [5.41, 5.74) is 2.26. The molecule has 0 saturated carbocycles. The Morgan fingerprint density at radius 3 is 2.62 bits per heavy atom. The maximum absolute atomic E-state index is 12.8. The van der Waals surface area contributed by atoms with Gasteiger partial charge in [0.05, 0.1) is 35.3 Å². The lowest BCUT2D eigenvalue weighted by Gasteiger charge is -2.10. The third-order valence-corrected chi connectivity index (χ3v) is 5.42. The average molecular weight is 485 g/mol. The fourth-order valence-corrected chi connectivity index (χ4v) is 3.90. The second-order valence-electron chi connectivity index (χ2n) is 7.51. The Labute approximate surface area is 196 Å². The first-order valence-corrected chi connectivity index (χ1v) is 10.5. The number of nitrogens with zero attached hydrogens (tertiary/aromatic N) is 5. The van der Waals surface area contributed by atoms with Gasteiger partial charge >= 0.3 is 6.18 Å². The zero-order valence-corrected chi connectivity index (χ0v) is 18.4. The van der Waals surface area contributed by atoms with Crippen LogP contribution in [0.25, 0.3) is 22.2 Å². The number of alkyl halides is 3. The lowest BCUT2D eigenvalue weighted by atomic mass is 10.1. The maximum Gasteiger partial charge on any atom is 0.416 e. The van der Waals surface area contributed by atoms with Crippen molar-refractivity contribution in [2.24, 2.45) is 0 Å². The van der Waals surface area contributed by atoms with Crippen molar-refractivity contribution in [1.29, 1.82) is 0 Å². The quantitative estimate of drug-likeness (QED) is 0.308. The summed E-state index contributed by atoms with van der Waals surface area (Å²) in [6, 6.07) is 7.88. The zero-order chi connectivity index (χ0) is 23.9. The van der Waals surface area contributed by atoms with Crippen molar-refractivity contribution in [2.75, 3.05) is 0 Å². The van der Waals surface area contributed by atoms with Crippen LogP contribution in [0, 0.1) is 6.92 Å². The third kappa shape index (κ3) is 4.32. The van der Waals surface area contributed by atoms with Crippen LogP contribution in [0.15, 0.2) is 61.3 Å². The largest absolute Gasteiger partial charge is 0.439 e. The fourth-order valence-electron chi connectivity index (χ4n) is 3.65. The number of hydrogen-bond acceptors (Lipinski definition) is 5. The number of halogens is 4. The molecule has 5 aromatic rings. The van der Waals surface area contributed by atoms with Gasteiger partial charge in [0, 0.05) is 35.6 Å². The van der Waals surface area contributed by atoms with Gasteiger partial charge in [0.15, 0.2) is 0 Å². The summed E-state index contributed by atoms with van der Waals surface area (Å²) < 4.78 is 46.2. The predicted molar refractivity (Wildman–Crippen MR) is 120 cm³/mol. The van der Waals surface area contributed by atoms with Crippen LogP contribution in [0.2, 0.25) is 5.15 Å². The van der Waals surface area contributed by atoms with E-state index in [1.807, 2.05) is 16.8 Å². The summed E-state index contributed by atoms with van der Waals surface area (Å²) in [5, 5.41) is 1.03. The SMILES string of the molecule is Cc1nc(Oc2ccc(C(F)(F)F)cc2)cc(-c2cn(Cc3cnc[nH]3)c3ccnc(Cl)c23)n1. The first-order chi connectivity index (χ1) is 16.3. The number of hydrogen-bond donors (Lipinski definition) is 1. The van der Waals surface area contributed by atoms with Gasteiger partial charge < -0.3 is 14.3 Å². The number of aromatic amines is 1. The molecule has 0 aliphatic carbocycles. The molecule has 0 spiro atoms. The molecule has 0 radical (unpaired) electrons. The van der Waals surface area contributed by atoms with Crippen molar-refractivity contribution in [1.82, 2.24) is 29.5 Å². The number of benzene rings is 1. The summed E-state index contributed by atoms with van der Waals surface area (Å²) in [7, 11) is 0. The summed E-state index contributed by atoms with van der Waals surface area (Å²) in [5.74, 6) is 0.837. The summed E-state index contributed by atoms with van der Waals surface area (Å²) in [6.45, 7) is 2.22. The highest BCUT2D eigenvalue weighted by Gasteiger charge is 2.30. The molecule has 0 unspecified atom stereocenters. The number of ether oxygens (including phenoxy) is 1. The Hall–Kier alpha value is -3.92. The lowest BCUT2D eigenvalue weighted by molar-refractivity contribution is -0.137. The Balaban J connectivity index is 1.54. The van der Waals surface area contributed by atoms with Gasteiger partial charge in [0.1, 0.15) is 16.7 Å². The smallest absolute Gasteiger partial charge is 0.416 e. The molecule has 0 aliphatic heterocycles. The number of nitrogens with one attached hydrogen (secondary N) is 1. The second-order valence-corrected chi connectivity index (χ2v) is 7.86. The number of H-pyrrole nitrogens is 1. The van der Waals surface area contributed by atoms with E-state index in [9.17, 15) is 13.2 Å². The second kappa shape index (κ2) is 8.45. The van der Waals surface area contributed by atoms with Crippen molar-refractivity contribution in [3.63, 3.8) is 0 Å². The van der Waals surface area contributed by atoms with Crippen molar-refractivity contribution >= 4 is 22.5 Å². The number of imidazole rings is 1. The molecule has 7 nitrogen and oxygen atoms in total. The van der Waals surface area contributed by atoms with Gasteiger partial charge in [-0.25, -0.2) is 15.0 Å². The van der Waals surface area contributed by atoms with Gasteiger partial charge in [-0.05, 0) is 37.3 Å². The molecule has 0 amide bonds. The van der Waals surface area contributed by atoms with Crippen molar-refractivity contribution < 1.29 is 17.9 Å². The fraction of sp³-hybridized carbons (Fsp3) is 0.130. The first kappa shape index (κ1) is 21.9. The normalized spacial score (nSPS) is 11.8. The molecule has 0 bridgehead atoms. The first-order valence-electron chi connectivity index (χ1n) is 10.1. The highest BCUT2D eigenvalue weighted by molar-refractivity contribution is 6.35. The van der Waals surface area contributed by atoms with Crippen LogP contribution < -0.4 is 4.74 Å². The minimum Gasteiger partial charge on any atom is -0.439 e. The molecule has 34 heavy (non-hydrogen) atoms. The van der Waals surface area contributed by atoms with Gasteiger partial charge in [0.25, 0.3) is 0 Å².